The average molecular weight is 495 g/mol. The smallest absolute Gasteiger partial charge is 0.187 e. The van der Waals surface area contributed by atoms with E-state index in [0.29, 0.717) is 6.61 Å². The van der Waals surface area contributed by atoms with Gasteiger partial charge < -0.3 is 54.7 Å². The van der Waals surface area contributed by atoms with E-state index in [1.54, 1.807) is 0 Å². The van der Waals surface area contributed by atoms with Crippen LogP contribution in [0, 0.1) is 5.92 Å². The van der Waals surface area contributed by atoms with E-state index in [4.69, 9.17) is 18.9 Å². The van der Waals surface area contributed by atoms with Crippen molar-refractivity contribution in [2.24, 2.45) is 5.92 Å². The summed E-state index contributed by atoms with van der Waals surface area (Å²) in [5, 5.41) is 70.2. The van der Waals surface area contributed by atoms with Crippen molar-refractivity contribution in [3.63, 3.8) is 0 Å². The van der Waals surface area contributed by atoms with Gasteiger partial charge in [0, 0.05) is 6.61 Å². The quantitative estimate of drug-likeness (QED) is 0.171. The number of rotatable bonds is 11. The lowest BCUT2D eigenvalue weighted by Gasteiger charge is -2.45. The monoisotopic (exact) mass is 494 g/mol. The molecule has 0 radical (unpaired) electrons. The highest BCUT2D eigenvalue weighted by Gasteiger charge is 2.50. The van der Waals surface area contributed by atoms with E-state index in [1.807, 2.05) is 0 Å². The third-order valence-electron chi connectivity index (χ3n) is 7.22. The minimum atomic E-state index is -1.69. The molecule has 1 aliphatic carbocycles. The average Bonchev–Trinajstić information content (AvgIpc) is 2.85. The first-order valence-electron chi connectivity index (χ1n) is 12.6. The summed E-state index contributed by atoms with van der Waals surface area (Å²) in [5.41, 5.74) is 0. The van der Waals surface area contributed by atoms with Gasteiger partial charge in [-0.15, -0.1) is 0 Å². The van der Waals surface area contributed by atoms with Crippen LogP contribution in [-0.4, -0.2) is 117 Å². The Morgan fingerprint density at radius 1 is 0.647 bits per heavy atom. The second-order valence-corrected chi connectivity index (χ2v) is 9.73. The van der Waals surface area contributed by atoms with Crippen molar-refractivity contribution < 1.29 is 54.7 Å². The standard InChI is InChI=1S/C23H42O11/c24-11-14-16(26)17(27)19(29)23(32-14)34-21-15(12-25)33-22(20(30)18(21)28)31-10-6-2-5-9-13-7-3-1-4-8-13/h13-30H,1-12H2/t14?,15?,16-,17-,18?,19?,20-,21-,22+,23-/m0/s1. The zero-order valence-corrected chi connectivity index (χ0v) is 19.6. The van der Waals surface area contributed by atoms with Gasteiger partial charge in [0.15, 0.2) is 12.6 Å². The molecule has 0 spiro atoms. The predicted octanol–water partition coefficient (Wildman–Crippen LogP) is -1.23. The molecule has 0 aromatic heterocycles. The summed E-state index contributed by atoms with van der Waals surface area (Å²) < 4.78 is 22.1. The lowest BCUT2D eigenvalue weighted by Crippen LogP contribution is -2.64. The molecule has 2 aliphatic heterocycles. The minimum Gasteiger partial charge on any atom is -0.394 e. The van der Waals surface area contributed by atoms with Gasteiger partial charge in [-0.25, -0.2) is 0 Å². The van der Waals surface area contributed by atoms with E-state index in [2.05, 4.69) is 0 Å². The van der Waals surface area contributed by atoms with Crippen LogP contribution < -0.4 is 0 Å². The maximum atomic E-state index is 10.6. The molecule has 10 atom stereocenters. The Balaban J connectivity index is 1.45. The third-order valence-corrected chi connectivity index (χ3v) is 7.22. The zero-order chi connectivity index (χ0) is 24.7. The first kappa shape index (κ1) is 28.1. The summed E-state index contributed by atoms with van der Waals surface area (Å²) in [4.78, 5) is 0. The SMILES string of the molecule is OCC1O[C@@H](OCCCCCC2CCCCC2)[C@@H](O)C(O)[C@H]1O[C@@H]1OC(CO)[C@H](O)[C@H](O)C1O. The first-order chi connectivity index (χ1) is 16.4. The van der Waals surface area contributed by atoms with Gasteiger partial charge in [-0.1, -0.05) is 51.4 Å². The summed E-state index contributed by atoms with van der Waals surface area (Å²) in [6, 6.07) is 0. The second-order valence-electron chi connectivity index (χ2n) is 9.73. The highest BCUT2D eigenvalue weighted by molar-refractivity contribution is 4.94. The Morgan fingerprint density at radius 3 is 1.97 bits per heavy atom. The highest BCUT2D eigenvalue weighted by Crippen LogP contribution is 2.30. The predicted molar refractivity (Wildman–Crippen MR) is 117 cm³/mol. The van der Waals surface area contributed by atoms with Crippen LogP contribution in [0.4, 0.5) is 0 Å². The molecule has 0 aromatic carbocycles. The molecular formula is C23H42O11. The van der Waals surface area contributed by atoms with Crippen LogP contribution in [0.5, 0.6) is 0 Å². The van der Waals surface area contributed by atoms with Crippen molar-refractivity contribution in [1.82, 2.24) is 0 Å². The highest BCUT2D eigenvalue weighted by atomic mass is 16.7. The molecule has 3 fully saturated rings. The number of aliphatic hydroxyl groups excluding tert-OH is 7. The van der Waals surface area contributed by atoms with Gasteiger partial charge in [-0.3, -0.25) is 0 Å². The Hall–Kier alpha value is -0.440. The number of hydrogen-bond donors (Lipinski definition) is 7. The van der Waals surface area contributed by atoms with Crippen molar-refractivity contribution >= 4 is 0 Å². The Bertz CT molecular complexity index is 571. The second kappa shape index (κ2) is 13.8. The number of aliphatic hydroxyl groups is 7. The maximum Gasteiger partial charge on any atom is 0.187 e. The molecule has 1 saturated carbocycles. The zero-order valence-electron chi connectivity index (χ0n) is 19.6. The Kier molecular flexibility index (Phi) is 11.4. The van der Waals surface area contributed by atoms with E-state index in [-0.39, 0.29) is 0 Å². The molecule has 0 bridgehead atoms. The summed E-state index contributed by atoms with van der Waals surface area (Å²) in [5.74, 6) is 0.833. The van der Waals surface area contributed by atoms with Crippen LogP contribution in [0.3, 0.4) is 0 Å². The van der Waals surface area contributed by atoms with Crippen LogP contribution >= 0.6 is 0 Å². The first-order valence-corrected chi connectivity index (χ1v) is 12.6. The van der Waals surface area contributed by atoms with E-state index in [9.17, 15) is 35.7 Å². The fourth-order valence-corrected chi connectivity index (χ4v) is 5.08. The fraction of sp³-hybridized carbons (Fsp3) is 1.00. The van der Waals surface area contributed by atoms with E-state index in [1.165, 1.54) is 38.5 Å². The number of unbranched alkanes of at least 4 members (excludes halogenated alkanes) is 2. The van der Waals surface area contributed by atoms with E-state index < -0.39 is 74.6 Å². The van der Waals surface area contributed by atoms with Crippen molar-refractivity contribution in [1.29, 1.82) is 0 Å². The fourth-order valence-electron chi connectivity index (χ4n) is 5.08. The van der Waals surface area contributed by atoms with Gasteiger partial charge in [-0.2, -0.15) is 0 Å². The molecular weight excluding hydrogens is 452 g/mol. The van der Waals surface area contributed by atoms with Crippen molar-refractivity contribution in [3.8, 4) is 0 Å². The molecule has 2 heterocycles. The van der Waals surface area contributed by atoms with Gasteiger partial charge in [0.05, 0.1) is 13.2 Å². The van der Waals surface area contributed by atoms with Crippen molar-refractivity contribution in [2.45, 2.75) is 119 Å². The molecule has 200 valence electrons. The Morgan fingerprint density at radius 2 is 1.29 bits per heavy atom. The van der Waals surface area contributed by atoms with Crippen LogP contribution in [-0.2, 0) is 18.9 Å². The normalized spacial score (nSPS) is 42.1. The molecule has 7 N–H and O–H groups in total. The van der Waals surface area contributed by atoms with Crippen LogP contribution in [0.2, 0.25) is 0 Å². The van der Waals surface area contributed by atoms with Crippen LogP contribution in [0.25, 0.3) is 0 Å². The molecule has 3 aliphatic rings. The van der Waals surface area contributed by atoms with Gasteiger partial charge in [0.25, 0.3) is 0 Å². The van der Waals surface area contributed by atoms with Crippen molar-refractivity contribution in [2.75, 3.05) is 19.8 Å². The molecule has 34 heavy (non-hydrogen) atoms. The number of hydrogen-bond acceptors (Lipinski definition) is 11. The lowest BCUT2D eigenvalue weighted by molar-refractivity contribution is -0.359. The molecule has 11 heteroatoms. The minimum absolute atomic E-state index is 0.329. The number of ether oxygens (including phenoxy) is 4. The largest absolute Gasteiger partial charge is 0.394 e. The maximum absolute atomic E-state index is 10.6. The summed E-state index contributed by atoms with van der Waals surface area (Å²) >= 11 is 0. The van der Waals surface area contributed by atoms with Crippen LogP contribution in [0.1, 0.15) is 57.8 Å². The topological polar surface area (TPSA) is 179 Å². The molecule has 4 unspecified atom stereocenters. The summed E-state index contributed by atoms with van der Waals surface area (Å²) in [6.45, 7) is -0.889. The van der Waals surface area contributed by atoms with Gasteiger partial charge in [0.2, 0.25) is 0 Å². The molecule has 11 nitrogen and oxygen atoms in total. The van der Waals surface area contributed by atoms with Gasteiger partial charge in [0.1, 0.15) is 48.8 Å². The lowest BCUT2D eigenvalue weighted by atomic mass is 9.86. The van der Waals surface area contributed by atoms with Crippen LogP contribution in [0.15, 0.2) is 0 Å². The summed E-state index contributed by atoms with van der Waals surface area (Å²) in [6.07, 6.45) is -3.49. The summed E-state index contributed by atoms with van der Waals surface area (Å²) in [7, 11) is 0. The van der Waals surface area contributed by atoms with Gasteiger partial charge >= 0.3 is 0 Å². The van der Waals surface area contributed by atoms with E-state index >= 15 is 0 Å². The molecule has 0 aromatic rings. The van der Waals surface area contributed by atoms with Gasteiger partial charge in [-0.05, 0) is 12.3 Å². The third kappa shape index (κ3) is 7.07. The van der Waals surface area contributed by atoms with E-state index in [0.717, 1.165) is 25.2 Å². The van der Waals surface area contributed by atoms with Crippen molar-refractivity contribution in [3.05, 3.63) is 0 Å². The molecule has 2 saturated heterocycles. The molecule has 0 amide bonds. The Labute approximate surface area is 200 Å². The molecule has 3 rings (SSSR count).